The van der Waals surface area contributed by atoms with E-state index in [9.17, 15) is 0 Å². The molecule has 0 bridgehead atoms. The Hall–Kier alpha value is -1.49. The van der Waals surface area contributed by atoms with Crippen LogP contribution in [0.5, 0.6) is 5.95 Å². The zero-order chi connectivity index (χ0) is 9.26. The van der Waals surface area contributed by atoms with E-state index in [1.807, 2.05) is 13.0 Å². The quantitative estimate of drug-likeness (QED) is 0.688. The van der Waals surface area contributed by atoms with Crippen molar-refractivity contribution in [2.45, 2.75) is 6.92 Å². The Kier molecular flexibility index (Phi) is 1.94. The Bertz CT molecular complexity index is 426. The predicted octanol–water partition coefficient (Wildman–Crippen LogP) is 0.774. The van der Waals surface area contributed by atoms with Gasteiger partial charge in [-0.25, -0.2) is 0 Å². The minimum atomic E-state index is -0.383. The average molecular weight is 177 g/mol. The molecule has 0 saturated carbocycles. The number of furan rings is 1. The summed E-state index contributed by atoms with van der Waals surface area (Å²) in [5, 5.41) is 9.44. The summed E-state index contributed by atoms with van der Waals surface area (Å²) in [5.74, 6) is 0.314. The van der Waals surface area contributed by atoms with Crippen LogP contribution >= 0.6 is 0 Å². The monoisotopic (exact) mass is 177 g/mol. The topological polar surface area (TPSA) is 55.5 Å². The van der Waals surface area contributed by atoms with E-state index in [1.165, 1.54) is 0 Å². The number of hydrogen-bond acceptors (Lipinski definition) is 4. The van der Waals surface area contributed by atoms with Gasteiger partial charge in [0, 0.05) is 17.6 Å². The largest absolute Gasteiger partial charge is 0.512 e. The molecule has 1 N–H and O–H groups in total. The number of hydrogen-bond donors (Lipinski definition) is 1. The lowest BCUT2D eigenvalue weighted by molar-refractivity contribution is 0.370. The SMILES string of the molecule is Cc1nccc2cc(OBO)oc12. The Morgan fingerprint density at radius 2 is 2.46 bits per heavy atom. The summed E-state index contributed by atoms with van der Waals surface area (Å²) in [4.78, 5) is 4.07. The van der Waals surface area contributed by atoms with Crippen LogP contribution in [0.25, 0.3) is 11.0 Å². The first-order valence-electron chi connectivity index (χ1n) is 3.90. The van der Waals surface area contributed by atoms with Gasteiger partial charge in [-0.3, -0.25) is 4.98 Å². The highest BCUT2D eigenvalue weighted by Gasteiger charge is 2.06. The van der Waals surface area contributed by atoms with Crippen LogP contribution in [0.15, 0.2) is 22.7 Å². The van der Waals surface area contributed by atoms with E-state index in [-0.39, 0.29) is 7.69 Å². The summed E-state index contributed by atoms with van der Waals surface area (Å²) in [5.41, 5.74) is 1.51. The minimum Gasteiger partial charge on any atom is -0.512 e. The van der Waals surface area contributed by atoms with Crippen LogP contribution in [0, 0.1) is 6.92 Å². The molecule has 0 spiro atoms. The molecule has 0 aliphatic heterocycles. The van der Waals surface area contributed by atoms with Crippen molar-refractivity contribution >= 4 is 18.7 Å². The number of nitrogens with zero attached hydrogens (tertiary/aromatic N) is 1. The normalized spacial score (nSPS) is 10.3. The van der Waals surface area contributed by atoms with Gasteiger partial charge in [-0.2, -0.15) is 0 Å². The van der Waals surface area contributed by atoms with E-state index in [2.05, 4.69) is 4.98 Å². The first-order valence-corrected chi connectivity index (χ1v) is 3.90. The van der Waals surface area contributed by atoms with Gasteiger partial charge in [-0.05, 0) is 13.0 Å². The molecule has 0 saturated heterocycles. The van der Waals surface area contributed by atoms with Gasteiger partial charge in [0.25, 0.3) is 5.95 Å². The number of pyridine rings is 1. The van der Waals surface area contributed by atoms with Crippen LogP contribution in [0.4, 0.5) is 0 Å². The number of aromatic nitrogens is 1. The maximum atomic E-state index is 8.52. The number of rotatable bonds is 2. The van der Waals surface area contributed by atoms with Crippen LogP contribution in [0.2, 0.25) is 0 Å². The van der Waals surface area contributed by atoms with Crippen molar-refractivity contribution in [3.05, 3.63) is 24.0 Å². The second-order valence-corrected chi connectivity index (χ2v) is 2.65. The van der Waals surface area contributed by atoms with Crippen LogP contribution in [0.3, 0.4) is 0 Å². The van der Waals surface area contributed by atoms with E-state index in [0.29, 0.717) is 11.5 Å². The standard InChI is InChI=1S/C8H8BNO3/c1-5-8-6(2-3-10-5)4-7(12-8)13-9-11/h2-4,9,11H,1H3. The fourth-order valence-corrected chi connectivity index (χ4v) is 1.21. The minimum absolute atomic E-state index is 0.314. The molecule has 2 heterocycles. The zero-order valence-corrected chi connectivity index (χ0v) is 7.15. The molecule has 2 aromatic heterocycles. The molecule has 0 aliphatic carbocycles. The first-order chi connectivity index (χ1) is 6.31. The fraction of sp³-hybridized carbons (Fsp3) is 0.125. The van der Waals surface area contributed by atoms with Crippen molar-refractivity contribution in [2.75, 3.05) is 0 Å². The van der Waals surface area contributed by atoms with Crippen molar-refractivity contribution in [1.29, 1.82) is 0 Å². The third-order valence-electron chi connectivity index (χ3n) is 1.80. The van der Waals surface area contributed by atoms with Crippen molar-refractivity contribution < 1.29 is 14.1 Å². The van der Waals surface area contributed by atoms with Crippen LogP contribution in [0.1, 0.15) is 5.69 Å². The van der Waals surface area contributed by atoms with Gasteiger partial charge in [0.15, 0.2) is 5.58 Å². The van der Waals surface area contributed by atoms with Crippen molar-refractivity contribution in [1.82, 2.24) is 4.98 Å². The van der Waals surface area contributed by atoms with Crippen molar-refractivity contribution in [3.8, 4) is 5.95 Å². The maximum Gasteiger partial charge on any atom is 0.506 e. The summed E-state index contributed by atoms with van der Waals surface area (Å²) in [7, 11) is -0.383. The molecule has 4 nitrogen and oxygen atoms in total. The second kappa shape index (κ2) is 3.10. The Labute approximate surface area is 75.5 Å². The molecular weight excluding hydrogens is 169 g/mol. The molecule has 0 aromatic carbocycles. The molecule has 66 valence electrons. The molecule has 0 aliphatic rings. The lowest BCUT2D eigenvalue weighted by Gasteiger charge is -1.93. The Balaban J connectivity index is 2.55. The molecule has 2 aromatic rings. The third kappa shape index (κ3) is 1.38. The molecule has 5 heteroatoms. The zero-order valence-electron chi connectivity index (χ0n) is 7.15. The van der Waals surface area contributed by atoms with Crippen LogP contribution < -0.4 is 4.65 Å². The average Bonchev–Trinajstić information content (AvgIpc) is 2.49. The van der Waals surface area contributed by atoms with Crippen LogP contribution in [-0.4, -0.2) is 17.7 Å². The smallest absolute Gasteiger partial charge is 0.506 e. The van der Waals surface area contributed by atoms with Gasteiger partial charge in [0.05, 0.1) is 5.69 Å². The van der Waals surface area contributed by atoms with Gasteiger partial charge in [-0.15, -0.1) is 0 Å². The molecular formula is C8H8BNO3. The van der Waals surface area contributed by atoms with E-state index in [4.69, 9.17) is 14.1 Å². The second-order valence-electron chi connectivity index (χ2n) is 2.65. The molecule has 2 rings (SSSR count). The molecule has 13 heavy (non-hydrogen) atoms. The van der Waals surface area contributed by atoms with E-state index >= 15 is 0 Å². The molecule has 0 fully saturated rings. The summed E-state index contributed by atoms with van der Waals surface area (Å²) in [6, 6.07) is 3.55. The summed E-state index contributed by atoms with van der Waals surface area (Å²) >= 11 is 0. The highest BCUT2D eigenvalue weighted by Crippen LogP contribution is 2.25. The highest BCUT2D eigenvalue weighted by molar-refractivity contribution is 6.17. The highest BCUT2D eigenvalue weighted by atomic mass is 16.6. The first kappa shape index (κ1) is 8.13. The van der Waals surface area contributed by atoms with Gasteiger partial charge >= 0.3 is 7.69 Å². The molecule has 0 unspecified atom stereocenters. The summed E-state index contributed by atoms with van der Waals surface area (Å²) in [6.45, 7) is 1.86. The van der Waals surface area contributed by atoms with E-state index in [0.717, 1.165) is 11.1 Å². The number of fused-ring (bicyclic) bond motifs is 1. The van der Waals surface area contributed by atoms with Crippen molar-refractivity contribution in [3.63, 3.8) is 0 Å². The third-order valence-corrected chi connectivity index (χ3v) is 1.80. The van der Waals surface area contributed by atoms with E-state index < -0.39 is 0 Å². The van der Waals surface area contributed by atoms with Gasteiger partial charge in [0.1, 0.15) is 0 Å². The van der Waals surface area contributed by atoms with Gasteiger partial charge in [0.2, 0.25) is 0 Å². The lowest BCUT2D eigenvalue weighted by atomic mass is 10.3. The Morgan fingerprint density at radius 3 is 3.15 bits per heavy atom. The molecule has 0 atom stereocenters. The Morgan fingerprint density at radius 1 is 1.62 bits per heavy atom. The summed E-state index contributed by atoms with van der Waals surface area (Å²) in [6.07, 6.45) is 1.70. The molecule has 0 amide bonds. The van der Waals surface area contributed by atoms with E-state index in [1.54, 1.807) is 12.3 Å². The lowest BCUT2D eigenvalue weighted by Crippen LogP contribution is -1.97. The summed E-state index contributed by atoms with van der Waals surface area (Å²) < 4.78 is 10.1. The van der Waals surface area contributed by atoms with Crippen LogP contribution in [-0.2, 0) is 0 Å². The van der Waals surface area contributed by atoms with Gasteiger partial charge < -0.3 is 14.1 Å². The predicted molar refractivity (Wildman–Crippen MR) is 48.7 cm³/mol. The fourth-order valence-electron chi connectivity index (χ4n) is 1.21. The molecule has 0 radical (unpaired) electrons. The van der Waals surface area contributed by atoms with Crippen molar-refractivity contribution in [2.24, 2.45) is 0 Å². The maximum absolute atomic E-state index is 8.52. The van der Waals surface area contributed by atoms with Gasteiger partial charge in [-0.1, -0.05) is 0 Å². The number of aryl methyl sites for hydroxylation is 1.